The Morgan fingerprint density at radius 1 is 1.50 bits per heavy atom. The number of methoxy groups -OCH3 is 1. The van der Waals surface area contributed by atoms with Gasteiger partial charge in [0, 0.05) is 12.0 Å². The molecule has 1 fully saturated rings. The summed E-state index contributed by atoms with van der Waals surface area (Å²) in [7, 11) is 0.887. The van der Waals surface area contributed by atoms with Gasteiger partial charge < -0.3 is 9.84 Å². The Balaban J connectivity index is 3.33. The van der Waals surface area contributed by atoms with Crippen molar-refractivity contribution in [3.63, 3.8) is 0 Å². The van der Waals surface area contributed by atoms with E-state index < -0.39 is 29.2 Å². The first-order valence-corrected chi connectivity index (χ1v) is 4.69. The molecular weight excluding hydrogens is 227 g/mol. The van der Waals surface area contributed by atoms with Gasteiger partial charge in [-0.2, -0.15) is 13.2 Å². The number of carbonyl (C=O) groups is 1. The first-order valence-electron chi connectivity index (χ1n) is 4.69. The van der Waals surface area contributed by atoms with Crippen molar-refractivity contribution in [2.24, 2.45) is 5.41 Å². The van der Waals surface area contributed by atoms with E-state index in [-0.39, 0.29) is 6.54 Å². The monoisotopic (exact) mass is 241 g/mol. The second-order valence-corrected chi connectivity index (χ2v) is 4.36. The molecule has 2 atom stereocenters. The number of aliphatic hydroxyl groups is 1. The molecule has 0 aromatic rings. The van der Waals surface area contributed by atoms with Gasteiger partial charge in [0.2, 0.25) is 5.54 Å². The van der Waals surface area contributed by atoms with Crippen LogP contribution in [0.4, 0.5) is 13.2 Å². The quantitative estimate of drug-likeness (QED) is 0.654. The highest BCUT2D eigenvalue weighted by Gasteiger charge is 2.73. The number of β-amino-alcohol motifs (C(OH)–C–C–N with tert-alkyl or cyclic N) is 1. The Morgan fingerprint density at radius 3 is 2.25 bits per heavy atom. The molecule has 0 bridgehead atoms. The number of esters is 1. The fraction of sp³-hybridized carbons (Fsp3) is 0.889. The molecule has 1 heterocycles. The lowest BCUT2D eigenvalue weighted by molar-refractivity contribution is -0.232. The Labute approximate surface area is 90.8 Å². The highest BCUT2D eigenvalue weighted by molar-refractivity contribution is 5.84. The third-order valence-corrected chi connectivity index (χ3v) is 3.28. The molecule has 0 amide bonds. The van der Waals surface area contributed by atoms with E-state index in [1.54, 1.807) is 0 Å². The Morgan fingerprint density at radius 2 is 2.00 bits per heavy atom. The summed E-state index contributed by atoms with van der Waals surface area (Å²) in [6, 6.07) is 0. The van der Waals surface area contributed by atoms with Crippen LogP contribution in [0, 0.1) is 5.41 Å². The number of nitrogens with one attached hydrogen (secondary N) is 1. The molecule has 4 nitrogen and oxygen atoms in total. The molecule has 1 unspecified atom stereocenters. The minimum absolute atomic E-state index is 0.304. The van der Waals surface area contributed by atoms with E-state index >= 15 is 0 Å². The lowest BCUT2D eigenvalue weighted by Crippen LogP contribution is -2.67. The molecular formula is C9H14F3NO3. The summed E-state index contributed by atoms with van der Waals surface area (Å²) in [5.74, 6) is -1.43. The van der Waals surface area contributed by atoms with E-state index in [2.05, 4.69) is 10.1 Å². The average molecular weight is 241 g/mol. The number of aliphatic hydroxyl groups excluding tert-OH is 1. The van der Waals surface area contributed by atoms with Crippen LogP contribution in [0.15, 0.2) is 0 Å². The van der Waals surface area contributed by atoms with Crippen molar-refractivity contribution in [1.82, 2.24) is 5.32 Å². The molecule has 0 aromatic heterocycles. The minimum Gasteiger partial charge on any atom is -0.467 e. The van der Waals surface area contributed by atoms with Crippen LogP contribution >= 0.6 is 0 Å². The molecule has 2 N–H and O–H groups in total. The van der Waals surface area contributed by atoms with Gasteiger partial charge in [0.05, 0.1) is 13.2 Å². The molecule has 1 aliphatic heterocycles. The van der Waals surface area contributed by atoms with Crippen molar-refractivity contribution in [2.75, 3.05) is 13.7 Å². The van der Waals surface area contributed by atoms with Gasteiger partial charge in [-0.3, -0.25) is 5.32 Å². The number of alkyl halides is 3. The third-order valence-electron chi connectivity index (χ3n) is 3.28. The summed E-state index contributed by atoms with van der Waals surface area (Å²) in [6.07, 6.45) is -6.10. The van der Waals surface area contributed by atoms with Gasteiger partial charge in [0.25, 0.3) is 0 Å². The predicted octanol–water partition coefficient (Wildman–Crippen LogP) is 0.451. The Hall–Kier alpha value is -0.820. The molecule has 0 radical (unpaired) electrons. The second kappa shape index (κ2) is 3.59. The maximum atomic E-state index is 13.0. The summed E-state index contributed by atoms with van der Waals surface area (Å²) >= 11 is 0. The zero-order valence-electron chi connectivity index (χ0n) is 9.18. The summed E-state index contributed by atoms with van der Waals surface area (Å²) in [6.45, 7) is 2.06. The first kappa shape index (κ1) is 13.2. The SMILES string of the molecule is COC(=O)[C@@]1(C(F)(F)F)NCC(O)C1(C)C. The molecule has 16 heavy (non-hydrogen) atoms. The topological polar surface area (TPSA) is 58.6 Å². The Kier molecular flexibility index (Phi) is 2.98. The van der Waals surface area contributed by atoms with Crippen molar-refractivity contribution in [2.45, 2.75) is 31.7 Å². The van der Waals surface area contributed by atoms with Crippen molar-refractivity contribution < 1.29 is 27.8 Å². The summed E-state index contributed by atoms with van der Waals surface area (Å²) in [4.78, 5) is 11.4. The maximum Gasteiger partial charge on any atom is 0.418 e. The number of hydrogen-bond donors (Lipinski definition) is 2. The highest BCUT2D eigenvalue weighted by Crippen LogP contribution is 2.49. The molecule has 1 rings (SSSR count). The maximum absolute atomic E-state index is 13.0. The fourth-order valence-electron chi connectivity index (χ4n) is 2.05. The van der Waals surface area contributed by atoms with Crippen LogP contribution in [0.25, 0.3) is 0 Å². The van der Waals surface area contributed by atoms with Crippen LogP contribution in [0.3, 0.4) is 0 Å². The van der Waals surface area contributed by atoms with E-state index in [1.807, 2.05) is 0 Å². The number of ether oxygens (including phenoxy) is 1. The van der Waals surface area contributed by atoms with E-state index in [0.717, 1.165) is 7.11 Å². The van der Waals surface area contributed by atoms with Gasteiger partial charge >= 0.3 is 12.1 Å². The van der Waals surface area contributed by atoms with Crippen molar-refractivity contribution in [3.8, 4) is 0 Å². The molecule has 7 heteroatoms. The Bertz CT molecular complexity index is 303. The fourth-order valence-corrected chi connectivity index (χ4v) is 2.05. The summed E-state index contributed by atoms with van der Waals surface area (Å²) < 4.78 is 43.4. The number of halogens is 3. The van der Waals surface area contributed by atoms with Crippen molar-refractivity contribution in [3.05, 3.63) is 0 Å². The lowest BCUT2D eigenvalue weighted by Gasteiger charge is -2.40. The van der Waals surface area contributed by atoms with Crippen LogP contribution in [0.2, 0.25) is 0 Å². The molecule has 0 aromatic carbocycles. The number of hydrogen-bond acceptors (Lipinski definition) is 4. The predicted molar refractivity (Wildman–Crippen MR) is 48.6 cm³/mol. The van der Waals surface area contributed by atoms with Gasteiger partial charge in [0.1, 0.15) is 0 Å². The van der Waals surface area contributed by atoms with Gasteiger partial charge in [-0.1, -0.05) is 13.8 Å². The largest absolute Gasteiger partial charge is 0.467 e. The first-order chi connectivity index (χ1) is 7.11. The molecule has 0 aliphatic carbocycles. The number of rotatable bonds is 1. The third kappa shape index (κ3) is 1.41. The van der Waals surface area contributed by atoms with E-state index in [0.29, 0.717) is 0 Å². The second-order valence-electron chi connectivity index (χ2n) is 4.36. The van der Waals surface area contributed by atoms with E-state index in [1.165, 1.54) is 13.8 Å². The number of carbonyl (C=O) groups excluding carboxylic acids is 1. The lowest BCUT2D eigenvalue weighted by atomic mass is 9.71. The van der Waals surface area contributed by atoms with Crippen LogP contribution in [0.5, 0.6) is 0 Å². The van der Waals surface area contributed by atoms with Crippen LogP contribution in [-0.4, -0.2) is 42.5 Å². The van der Waals surface area contributed by atoms with Gasteiger partial charge in [-0.05, 0) is 0 Å². The van der Waals surface area contributed by atoms with E-state index in [9.17, 15) is 23.1 Å². The molecule has 1 aliphatic rings. The van der Waals surface area contributed by atoms with Gasteiger partial charge in [0.15, 0.2) is 0 Å². The molecule has 94 valence electrons. The zero-order chi connectivity index (χ0) is 12.8. The molecule has 0 spiro atoms. The zero-order valence-corrected chi connectivity index (χ0v) is 9.18. The minimum atomic E-state index is -4.83. The highest BCUT2D eigenvalue weighted by atomic mass is 19.4. The van der Waals surface area contributed by atoms with Gasteiger partial charge in [-0.15, -0.1) is 0 Å². The van der Waals surface area contributed by atoms with Crippen molar-refractivity contribution >= 4 is 5.97 Å². The average Bonchev–Trinajstić information content (AvgIpc) is 2.37. The van der Waals surface area contributed by atoms with E-state index in [4.69, 9.17) is 0 Å². The summed E-state index contributed by atoms with van der Waals surface area (Å²) in [5.41, 5.74) is -4.54. The van der Waals surface area contributed by atoms with Crippen LogP contribution < -0.4 is 5.32 Å². The van der Waals surface area contributed by atoms with Crippen LogP contribution in [0.1, 0.15) is 13.8 Å². The normalized spacial score (nSPS) is 33.8. The molecule has 1 saturated heterocycles. The van der Waals surface area contributed by atoms with Crippen molar-refractivity contribution in [1.29, 1.82) is 0 Å². The standard InChI is InChI=1S/C9H14F3NO3/c1-7(2)5(14)4-13-8(7,6(15)16-3)9(10,11)12/h5,13-14H,4H2,1-3H3/t5?,8-/m1/s1. The molecule has 0 saturated carbocycles. The van der Waals surface area contributed by atoms with Gasteiger partial charge in [-0.25, -0.2) is 4.79 Å². The van der Waals surface area contributed by atoms with Crippen LogP contribution in [-0.2, 0) is 9.53 Å². The smallest absolute Gasteiger partial charge is 0.418 e. The summed E-state index contributed by atoms with van der Waals surface area (Å²) in [5, 5.41) is 11.6.